The monoisotopic (exact) mass is 385 g/mol. The van der Waals surface area contributed by atoms with Gasteiger partial charge in [-0.1, -0.05) is 35.9 Å². The molecule has 0 saturated heterocycles. The topological polar surface area (TPSA) is 93.5 Å². The van der Waals surface area contributed by atoms with Crippen LogP contribution in [0.5, 0.6) is 0 Å². The highest BCUT2D eigenvalue weighted by Gasteiger charge is 2.21. The number of hydrogen-bond donors (Lipinski definition) is 2. The molecule has 0 radical (unpaired) electrons. The molecule has 3 rings (SSSR count). The van der Waals surface area contributed by atoms with Crippen LogP contribution in [0.2, 0.25) is 5.02 Å². The van der Waals surface area contributed by atoms with Gasteiger partial charge in [0, 0.05) is 16.5 Å². The summed E-state index contributed by atoms with van der Waals surface area (Å²) in [5.41, 5.74) is 0.837. The molecule has 1 heterocycles. The number of anilines is 1. The maximum Gasteiger partial charge on any atom is 0.295 e. The maximum absolute atomic E-state index is 12.5. The third-order valence-corrected chi connectivity index (χ3v) is 5.34. The van der Waals surface area contributed by atoms with E-state index < -0.39 is 20.7 Å². The second-order valence-corrected chi connectivity index (χ2v) is 8.03. The largest absolute Gasteiger partial charge is 0.443 e. The zero-order valence-corrected chi connectivity index (χ0v) is 14.6. The SMILES string of the molecule is O=[SH](=O)Cc1ccc(Cl)cc1NS(=O)(=O)c1cc2ccccc2o1. The van der Waals surface area contributed by atoms with Crippen molar-refractivity contribution in [2.45, 2.75) is 10.8 Å². The Balaban J connectivity index is 2.01. The molecule has 0 aliphatic carbocycles. The zero-order valence-electron chi connectivity index (χ0n) is 12.1. The van der Waals surface area contributed by atoms with Crippen LogP contribution in [0.4, 0.5) is 5.69 Å². The molecule has 0 fully saturated rings. The average Bonchev–Trinajstić information content (AvgIpc) is 2.94. The predicted molar refractivity (Wildman–Crippen MR) is 92.5 cm³/mol. The first kappa shape index (κ1) is 16.8. The molecule has 0 atom stereocenters. The van der Waals surface area contributed by atoms with E-state index in [1.54, 1.807) is 24.3 Å². The number of para-hydroxylation sites is 1. The van der Waals surface area contributed by atoms with Crippen molar-refractivity contribution in [3.05, 3.63) is 59.1 Å². The summed E-state index contributed by atoms with van der Waals surface area (Å²) < 4.78 is 54.7. The Labute approximate surface area is 145 Å². The normalized spacial score (nSPS) is 11.9. The molecule has 0 bridgehead atoms. The van der Waals surface area contributed by atoms with Crippen LogP contribution < -0.4 is 4.72 Å². The fraction of sp³-hybridized carbons (Fsp3) is 0.0667. The van der Waals surface area contributed by atoms with E-state index in [1.807, 2.05) is 0 Å². The van der Waals surface area contributed by atoms with E-state index in [9.17, 15) is 16.8 Å². The third kappa shape index (κ3) is 3.55. The van der Waals surface area contributed by atoms with E-state index in [-0.39, 0.29) is 21.6 Å². The molecular weight excluding hydrogens is 374 g/mol. The lowest BCUT2D eigenvalue weighted by Crippen LogP contribution is -2.13. The van der Waals surface area contributed by atoms with Gasteiger partial charge >= 0.3 is 0 Å². The Morgan fingerprint density at radius 3 is 2.54 bits per heavy atom. The van der Waals surface area contributed by atoms with Crippen LogP contribution in [0.25, 0.3) is 11.0 Å². The van der Waals surface area contributed by atoms with Crippen molar-refractivity contribution in [2.24, 2.45) is 0 Å². The Hall–Kier alpha value is -2.03. The van der Waals surface area contributed by atoms with Gasteiger partial charge in [-0.25, -0.2) is 8.42 Å². The van der Waals surface area contributed by atoms with E-state index in [4.69, 9.17) is 16.0 Å². The second-order valence-electron chi connectivity index (χ2n) is 5.00. The van der Waals surface area contributed by atoms with Crippen LogP contribution in [0.3, 0.4) is 0 Å². The van der Waals surface area contributed by atoms with Gasteiger partial charge < -0.3 is 4.42 Å². The van der Waals surface area contributed by atoms with Crippen molar-refractivity contribution in [1.29, 1.82) is 0 Å². The zero-order chi connectivity index (χ0) is 17.3. The average molecular weight is 386 g/mol. The van der Waals surface area contributed by atoms with Crippen molar-refractivity contribution in [2.75, 3.05) is 4.72 Å². The van der Waals surface area contributed by atoms with Gasteiger partial charge in [-0.3, -0.25) is 4.72 Å². The fourth-order valence-electron chi connectivity index (χ4n) is 2.21. The molecule has 0 unspecified atom stereocenters. The summed E-state index contributed by atoms with van der Waals surface area (Å²) in [4.78, 5) is 0. The molecule has 2 aromatic carbocycles. The highest BCUT2D eigenvalue weighted by molar-refractivity contribution is 7.92. The molecule has 0 saturated carbocycles. The Morgan fingerprint density at radius 2 is 1.83 bits per heavy atom. The van der Waals surface area contributed by atoms with Crippen molar-refractivity contribution in [1.82, 2.24) is 0 Å². The number of benzene rings is 2. The third-order valence-electron chi connectivity index (χ3n) is 3.28. The quantitative estimate of drug-likeness (QED) is 0.658. The highest BCUT2D eigenvalue weighted by Crippen LogP contribution is 2.27. The van der Waals surface area contributed by atoms with Crippen molar-refractivity contribution in [3.63, 3.8) is 0 Å². The minimum atomic E-state index is -4.02. The number of nitrogens with one attached hydrogen (secondary N) is 1. The summed E-state index contributed by atoms with van der Waals surface area (Å²) in [6.45, 7) is 0. The van der Waals surface area contributed by atoms with Crippen molar-refractivity contribution < 1.29 is 21.3 Å². The first-order valence-electron chi connectivity index (χ1n) is 6.77. The molecular formula is C15H12ClNO5S2. The van der Waals surface area contributed by atoms with Crippen LogP contribution in [-0.2, 0) is 26.5 Å². The Kier molecular flexibility index (Phi) is 4.53. The smallest absolute Gasteiger partial charge is 0.295 e. The summed E-state index contributed by atoms with van der Waals surface area (Å²) in [7, 11) is -6.74. The standard InChI is InChI=1S/C15H12ClNO5S2/c16-12-6-5-11(9-23(18)19)13(8-12)17-24(20,21)15-7-10-3-1-2-4-14(10)22-15/h1-8,17,23H,9H2. The van der Waals surface area contributed by atoms with Crippen LogP contribution in [0, 0.1) is 0 Å². The minimum Gasteiger partial charge on any atom is -0.443 e. The van der Waals surface area contributed by atoms with Gasteiger partial charge in [0.05, 0.1) is 11.4 Å². The number of hydrogen-bond acceptors (Lipinski definition) is 5. The molecule has 9 heteroatoms. The van der Waals surface area contributed by atoms with Gasteiger partial charge in [0.25, 0.3) is 10.0 Å². The van der Waals surface area contributed by atoms with Crippen molar-refractivity contribution in [3.8, 4) is 0 Å². The van der Waals surface area contributed by atoms with E-state index in [2.05, 4.69) is 4.72 Å². The van der Waals surface area contributed by atoms with Gasteiger partial charge in [0.15, 0.2) is 0 Å². The van der Waals surface area contributed by atoms with Gasteiger partial charge in [-0.2, -0.15) is 8.42 Å². The Morgan fingerprint density at radius 1 is 1.08 bits per heavy atom. The molecule has 126 valence electrons. The van der Waals surface area contributed by atoms with Crippen LogP contribution in [-0.4, -0.2) is 16.8 Å². The van der Waals surface area contributed by atoms with E-state index in [0.717, 1.165) is 0 Å². The summed E-state index contributed by atoms with van der Waals surface area (Å²) >= 11 is 5.88. The molecule has 6 nitrogen and oxygen atoms in total. The molecule has 1 N–H and O–H groups in total. The Bertz CT molecular complexity index is 1050. The van der Waals surface area contributed by atoms with E-state index in [0.29, 0.717) is 16.5 Å². The number of rotatable bonds is 5. The summed E-state index contributed by atoms with van der Waals surface area (Å²) in [5, 5.41) is 0.662. The summed E-state index contributed by atoms with van der Waals surface area (Å²) in [6.07, 6.45) is 0. The molecule has 3 aromatic rings. The summed E-state index contributed by atoms with van der Waals surface area (Å²) in [6, 6.07) is 12.6. The van der Waals surface area contributed by atoms with E-state index >= 15 is 0 Å². The lowest BCUT2D eigenvalue weighted by Gasteiger charge is -2.10. The lowest BCUT2D eigenvalue weighted by atomic mass is 10.2. The molecule has 0 amide bonds. The molecule has 24 heavy (non-hydrogen) atoms. The molecule has 0 aliphatic rings. The number of thiol groups is 1. The number of furan rings is 1. The minimum absolute atomic E-state index is 0.0992. The van der Waals surface area contributed by atoms with Gasteiger partial charge in [0.2, 0.25) is 5.09 Å². The number of halogens is 1. The van der Waals surface area contributed by atoms with Gasteiger partial charge in [0.1, 0.15) is 16.3 Å². The lowest BCUT2D eigenvalue weighted by molar-refractivity contribution is 0.484. The second kappa shape index (κ2) is 6.46. The van der Waals surface area contributed by atoms with Crippen LogP contribution in [0.15, 0.2) is 58.0 Å². The van der Waals surface area contributed by atoms with Gasteiger partial charge in [-0.15, -0.1) is 0 Å². The first-order valence-corrected chi connectivity index (χ1v) is 9.99. The molecule has 0 aliphatic heterocycles. The number of fused-ring (bicyclic) bond motifs is 1. The highest BCUT2D eigenvalue weighted by atomic mass is 35.5. The first-order chi connectivity index (χ1) is 11.3. The maximum atomic E-state index is 12.5. The van der Waals surface area contributed by atoms with Gasteiger partial charge in [-0.05, 0) is 23.8 Å². The molecule has 0 spiro atoms. The molecule has 1 aromatic heterocycles. The van der Waals surface area contributed by atoms with Crippen LogP contribution >= 0.6 is 11.6 Å². The van der Waals surface area contributed by atoms with Crippen molar-refractivity contribution >= 4 is 49.0 Å². The van der Waals surface area contributed by atoms with E-state index in [1.165, 1.54) is 24.3 Å². The number of sulfonamides is 1. The fourth-order valence-corrected chi connectivity index (χ4v) is 3.99. The van der Waals surface area contributed by atoms with Crippen LogP contribution in [0.1, 0.15) is 5.56 Å². The summed E-state index contributed by atoms with van der Waals surface area (Å²) in [5.74, 6) is -0.301. The predicted octanol–water partition coefficient (Wildman–Crippen LogP) is 3.00.